The Morgan fingerprint density at radius 3 is 2.57 bits per heavy atom. The van der Waals surface area contributed by atoms with Gasteiger partial charge < -0.3 is 15.4 Å². The van der Waals surface area contributed by atoms with Crippen molar-refractivity contribution >= 4 is 29.5 Å². The Hall–Kier alpha value is -3.41. The van der Waals surface area contributed by atoms with Crippen LogP contribution in [0.2, 0.25) is 0 Å². The standard InChI is InChI=1S/C19H20N4O5/c1-11(16(25)21-14-7-3-12(9-20)4-8-14)28-15(24)10-23-17(26)19(2,13-5-6-13)22-18(23)27/h3-4,7-8,11,13H,5-6,10H2,1-2H3,(H,21,25)(H,22,27)/t11-,19+/m1/s1. The minimum Gasteiger partial charge on any atom is -0.451 e. The highest BCUT2D eigenvalue weighted by Crippen LogP contribution is 2.42. The number of carbonyl (C=O) groups is 4. The van der Waals surface area contributed by atoms with Crippen LogP contribution in [0.25, 0.3) is 0 Å². The molecule has 1 aromatic carbocycles. The Balaban J connectivity index is 1.53. The first-order valence-corrected chi connectivity index (χ1v) is 8.89. The van der Waals surface area contributed by atoms with Crippen LogP contribution in [0.15, 0.2) is 24.3 Å². The average molecular weight is 384 g/mol. The van der Waals surface area contributed by atoms with E-state index in [0.717, 1.165) is 17.7 Å². The molecule has 2 atom stereocenters. The largest absolute Gasteiger partial charge is 0.451 e. The Morgan fingerprint density at radius 1 is 1.36 bits per heavy atom. The molecule has 1 saturated heterocycles. The van der Waals surface area contributed by atoms with Crippen molar-refractivity contribution in [1.82, 2.24) is 10.2 Å². The molecule has 9 heteroatoms. The molecule has 2 N–H and O–H groups in total. The monoisotopic (exact) mass is 384 g/mol. The number of ether oxygens (including phenoxy) is 1. The molecule has 1 heterocycles. The van der Waals surface area contributed by atoms with Gasteiger partial charge in [-0.2, -0.15) is 5.26 Å². The minimum absolute atomic E-state index is 0.0853. The summed E-state index contributed by atoms with van der Waals surface area (Å²) in [5.74, 6) is -1.79. The Morgan fingerprint density at radius 2 is 2.00 bits per heavy atom. The first-order valence-electron chi connectivity index (χ1n) is 8.89. The fourth-order valence-electron chi connectivity index (χ4n) is 3.09. The molecule has 0 radical (unpaired) electrons. The van der Waals surface area contributed by atoms with E-state index in [1.54, 1.807) is 31.2 Å². The maximum Gasteiger partial charge on any atom is 0.327 e. The lowest BCUT2D eigenvalue weighted by atomic mass is 9.96. The van der Waals surface area contributed by atoms with Crippen LogP contribution in [0.5, 0.6) is 0 Å². The van der Waals surface area contributed by atoms with Gasteiger partial charge in [0.2, 0.25) is 0 Å². The molecule has 4 amide bonds. The van der Waals surface area contributed by atoms with Gasteiger partial charge in [-0.25, -0.2) is 4.79 Å². The molecule has 0 spiro atoms. The molecule has 1 aromatic rings. The van der Waals surface area contributed by atoms with Crippen LogP contribution in [0.4, 0.5) is 10.5 Å². The SMILES string of the molecule is C[C@@H](OC(=O)CN1C(=O)N[C@@](C)(C2CC2)C1=O)C(=O)Nc1ccc(C#N)cc1. The van der Waals surface area contributed by atoms with E-state index in [2.05, 4.69) is 10.6 Å². The number of urea groups is 1. The van der Waals surface area contributed by atoms with Crippen LogP contribution in [0.1, 0.15) is 32.3 Å². The van der Waals surface area contributed by atoms with E-state index >= 15 is 0 Å². The first-order chi connectivity index (χ1) is 13.2. The van der Waals surface area contributed by atoms with E-state index in [1.165, 1.54) is 6.92 Å². The summed E-state index contributed by atoms with van der Waals surface area (Å²) in [6, 6.07) is 7.52. The third-order valence-corrected chi connectivity index (χ3v) is 4.94. The summed E-state index contributed by atoms with van der Waals surface area (Å²) < 4.78 is 5.05. The van der Waals surface area contributed by atoms with Crippen molar-refractivity contribution in [3.63, 3.8) is 0 Å². The summed E-state index contributed by atoms with van der Waals surface area (Å²) in [5, 5.41) is 14.0. The Labute approximate surface area is 161 Å². The number of carbonyl (C=O) groups excluding carboxylic acids is 4. The van der Waals surface area contributed by atoms with Crippen LogP contribution in [-0.4, -0.2) is 46.9 Å². The van der Waals surface area contributed by atoms with Crippen LogP contribution >= 0.6 is 0 Å². The van der Waals surface area contributed by atoms with Gasteiger partial charge in [-0.1, -0.05) is 0 Å². The second-order valence-corrected chi connectivity index (χ2v) is 7.11. The molecule has 2 fully saturated rings. The Bertz CT molecular complexity index is 871. The highest BCUT2D eigenvalue weighted by Gasteiger charge is 2.56. The molecular formula is C19H20N4O5. The summed E-state index contributed by atoms with van der Waals surface area (Å²) in [5.41, 5.74) is -0.0823. The molecule has 3 rings (SSSR count). The van der Waals surface area contributed by atoms with Crippen molar-refractivity contribution in [2.24, 2.45) is 5.92 Å². The van der Waals surface area contributed by atoms with Crippen molar-refractivity contribution in [3.8, 4) is 6.07 Å². The number of nitrogens with one attached hydrogen (secondary N) is 2. The second kappa shape index (κ2) is 7.31. The van der Waals surface area contributed by atoms with Gasteiger partial charge in [-0.3, -0.25) is 19.3 Å². The molecule has 9 nitrogen and oxygen atoms in total. The number of hydrogen-bond acceptors (Lipinski definition) is 6. The van der Waals surface area contributed by atoms with Crippen molar-refractivity contribution in [2.45, 2.75) is 38.3 Å². The zero-order valence-electron chi connectivity index (χ0n) is 15.5. The normalized spacial score (nSPS) is 22.2. The van der Waals surface area contributed by atoms with Gasteiger partial charge in [0.15, 0.2) is 6.10 Å². The highest BCUT2D eigenvalue weighted by molar-refractivity contribution is 6.09. The van der Waals surface area contributed by atoms with Crippen molar-refractivity contribution in [1.29, 1.82) is 5.26 Å². The summed E-state index contributed by atoms with van der Waals surface area (Å²) in [7, 11) is 0. The number of nitriles is 1. The third kappa shape index (κ3) is 3.81. The lowest BCUT2D eigenvalue weighted by Crippen LogP contribution is -2.46. The summed E-state index contributed by atoms with van der Waals surface area (Å²) in [4.78, 5) is 49.7. The number of imide groups is 1. The van der Waals surface area contributed by atoms with Crippen molar-refractivity contribution < 1.29 is 23.9 Å². The van der Waals surface area contributed by atoms with E-state index in [4.69, 9.17) is 10.00 Å². The van der Waals surface area contributed by atoms with Gasteiger partial charge in [0.1, 0.15) is 12.1 Å². The number of amides is 4. The van der Waals surface area contributed by atoms with Crippen LogP contribution in [0.3, 0.4) is 0 Å². The first kappa shape index (κ1) is 19.4. The maximum absolute atomic E-state index is 12.5. The summed E-state index contributed by atoms with van der Waals surface area (Å²) in [6.45, 7) is 2.49. The van der Waals surface area contributed by atoms with Gasteiger partial charge in [0.05, 0.1) is 11.6 Å². The number of nitrogens with zero attached hydrogens (tertiary/aromatic N) is 2. The molecule has 0 bridgehead atoms. The van der Waals surface area contributed by atoms with Crippen molar-refractivity contribution in [2.75, 3.05) is 11.9 Å². The van der Waals surface area contributed by atoms with Gasteiger partial charge >= 0.3 is 12.0 Å². The smallest absolute Gasteiger partial charge is 0.327 e. The van der Waals surface area contributed by atoms with Gasteiger partial charge in [0.25, 0.3) is 11.8 Å². The quantitative estimate of drug-likeness (QED) is 0.559. The second-order valence-electron chi connectivity index (χ2n) is 7.11. The lowest BCUT2D eigenvalue weighted by molar-refractivity contribution is -0.155. The van der Waals surface area contributed by atoms with Crippen LogP contribution in [-0.2, 0) is 19.1 Å². The number of benzene rings is 1. The number of rotatable bonds is 6. The van der Waals surface area contributed by atoms with Crippen molar-refractivity contribution in [3.05, 3.63) is 29.8 Å². The fraction of sp³-hybridized carbons (Fsp3) is 0.421. The predicted octanol–water partition coefficient (Wildman–Crippen LogP) is 1.15. The topological polar surface area (TPSA) is 129 Å². The minimum atomic E-state index is -1.13. The fourth-order valence-corrected chi connectivity index (χ4v) is 3.09. The van der Waals surface area contributed by atoms with Crippen LogP contribution < -0.4 is 10.6 Å². The molecule has 0 aromatic heterocycles. The highest BCUT2D eigenvalue weighted by atomic mass is 16.5. The van der Waals surface area contributed by atoms with Crippen LogP contribution in [0, 0.1) is 17.2 Å². The number of anilines is 1. The summed E-state index contributed by atoms with van der Waals surface area (Å²) >= 11 is 0. The average Bonchev–Trinajstić information content (AvgIpc) is 3.48. The molecular weight excluding hydrogens is 364 g/mol. The van der Waals surface area contributed by atoms with E-state index in [0.29, 0.717) is 11.3 Å². The van der Waals surface area contributed by atoms with E-state index in [1.807, 2.05) is 6.07 Å². The van der Waals surface area contributed by atoms with E-state index in [9.17, 15) is 19.2 Å². The molecule has 0 unspecified atom stereocenters. The van der Waals surface area contributed by atoms with E-state index in [-0.39, 0.29) is 5.92 Å². The zero-order valence-corrected chi connectivity index (χ0v) is 15.5. The lowest BCUT2D eigenvalue weighted by Gasteiger charge is -2.21. The predicted molar refractivity (Wildman–Crippen MR) is 96.7 cm³/mol. The number of esters is 1. The number of hydrogen-bond donors (Lipinski definition) is 2. The van der Waals surface area contributed by atoms with Gasteiger partial charge in [-0.05, 0) is 56.9 Å². The molecule has 146 valence electrons. The zero-order chi connectivity index (χ0) is 20.5. The molecule has 2 aliphatic rings. The van der Waals surface area contributed by atoms with E-state index < -0.39 is 42.0 Å². The summed E-state index contributed by atoms with van der Waals surface area (Å²) in [6.07, 6.45) is 0.583. The molecule has 1 saturated carbocycles. The maximum atomic E-state index is 12.5. The molecule has 28 heavy (non-hydrogen) atoms. The third-order valence-electron chi connectivity index (χ3n) is 4.94. The van der Waals surface area contributed by atoms with Gasteiger partial charge in [0, 0.05) is 5.69 Å². The van der Waals surface area contributed by atoms with Gasteiger partial charge in [-0.15, -0.1) is 0 Å². The Kier molecular flexibility index (Phi) is 5.05. The molecule has 1 aliphatic carbocycles. The molecule has 1 aliphatic heterocycles.